The molecule has 1 N–H and O–H groups in total. The highest BCUT2D eigenvalue weighted by Crippen LogP contribution is 2.27. The lowest BCUT2D eigenvalue weighted by molar-refractivity contribution is 0.0459. The number of nitrogens with zero attached hydrogens (tertiary/aromatic N) is 1. The number of piperidine rings is 1. The quantitative estimate of drug-likeness (QED) is 0.886. The maximum Gasteiger partial charge on any atom is 0.129 e. The number of nitrogens with one attached hydrogen (secondary N) is 1. The molecule has 1 saturated heterocycles. The van der Waals surface area contributed by atoms with E-state index in [0.717, 1.165) is 43.8 Å². The summed E-state index contributed by atoms with van der Waals surface area (Å²) in [6.45, 7) is 5.24. The van der Waals surface area contributed by atoms with E-state index in [1.165, 1.54) is 6.07 Å². The largest absolute Gasteiger partial charge is 0.378 e. The van der Waals surface area contributed by atoms with Gasteiger partial charge in [-0.3, -0.25) is 0 Å². The third-order valence-corrected chi connectivity index (χ3v) is 3.63. The zero-order valence-corrected chi connectivity index (χ0v) is 11.8. The molecule has 1 aromatic carbocycles. The average Bonchev–Trinajstić information content (AvgIpc) is 2.43. The Labute approximate surface area is 114 Å². The van der Waals surface area contributed by atoms with Crippen molar-refractivity contribution in [3.05, 3.63) is 29.6 Å². The summed E-state index contributed by atoms with van der Waals surface area (Å²) in [5, 5.41) is 3.04. The van der Waals surface area contributed by atoms with Crippen molar-refractivity contribution in [3.63, 3.8) is 0 Å². The number of benzene rings is 1. The molecule has 19 heavy (non-hydrogen) atoms. The van der Waals surface area contributed by atoms with Crippen LogP contribution < -0.4 is 10.2 Å². The monoisotopic (exact) mass is 266 g/mol. The molecule has 4 heteroatoms. The lowest BCUT2D eigenvalue weighted by Crippen LogP contribution is -2.37. The maximum absolute atomic E-state index is 13.9. The molecular weight excluding hydrogens is 243 g/mol. The number of anilines is 1. The molecule has 106 valence electrons. The van der Waals surface area contributed by atoms with Crippen molar-refractivity contribution >= 4 is 5.69 Å². The highest BCUT2D eigenvalue weighted by molar-refractivity contribution is 5.54. The lowest BCUT2D eigenvalue weighted by atomic mass is 10.0. The van der Waals surface area contributed by atoms with Gasteiger partial charge in [-0.05, 0) is 38.9 Å². The van der Waals surface area contributed by atoms with Gasteiger partial charge < -0.3 is 15.0 Å². The van der Waals surface area contributed by atoms with Gasteiger partial charge in [0.25, 0.3) is 0 Å². The van der Waals surface area contributed by atoms with E-state index in [1.54, 1.807) is 6.07 Å². The summed E-state index contributed by atoms with van der Waals surface area (Å²) in [4.78, 5) is 2.27. The highest BCUT2D eigenvalue weighted by Gasteiger charge is 2.21. The normalized spacial score (nSPS) is 16.9. The molecule has 2 rings (SSSR count). The Bertz CT molecular complexity index is 403. The molecule has 1 aromatic rings. The molecule has 1 heterocycles. The van der Waals surface area contributed by atoms with Gasteiger partial charge in [-0.25, -0.2) is 4.39 Å². The fraction of sp³-hybridized carbons (Fsp3) is 0.600. The number of rotatable bonds is 5. The molecule has 0 saturated carbocycles. The fourth-order valence-electron chi connectivity index (χ4n) is 2.69. The Morgan fingerprint density at radius 2 is 2.11 bits per heavy atom. The molecule has 1 aliphatic heterocycles. The van der Waals surface area contributed by atoms with Crippen LogP contribution in [0.2, 0.25) is 0 Å². The number of halogens is 1. The van der Waals surface area contributed by atoms with Crippen LogP contribution >= 0.6 is 0 Å². The van der Waals surface area contributed by atoms with Crippen molar-refractivity contribution < 1.29 is 9.13 Å². The smallest absolute Gasteiger partial charge is 0.129 e. The predicted octanol–water partition coefficient (Wildman–Crippen LogP) is 2.55. The fourth-order valence-corrected chi connectivity index (χ4v) is 2.69. The Kier molecular flexibility index (Phi) is 5.16. The average molecular weight is 266 g/mol. The first kappa shape index (κ1) is 14.3. The second-order valence-electron chi connectivity index (χ2n) is 4.91. The molecule has 0 aliphatic carbocycles. The van der Waals surface area contributed by atoms with Gasteiger partial charge in [0, 0.05) is 37.5 Å². The van der Waals surface area contributed by atoms with Crippen LogP contribution in [0.3, 0.4) is 0 Å². The molecular formula is C15H23FN2O. The number of ether oxygens (including phenoxy) is 1. The molecule has 1 aliphatic rings. The van der Waals surface area contributed by atoms with Crippen molar-refractivity contribution in [2.45, 2.75) is 32.4 Å². The molecule has 0 unspecified atom stereocenters. The summed E-state index contributed by atoms with van der Waals surface area (Å²) in [5.74, 6) is -0.126. The van der Waals surface area contributed by atoms with E-state index in [0.29, 0.717) is 12.6 Å². The highest BCUT2D eigenvalue weighted by atomic mass is 19.1. The van der Waals surface area contributed by atoms with Crippen LogP contribution in [-0.2, 0) is 11.3 Å². The van der Waals surface area contributed by atoms with E-state index in [1.807, 2.05) is 20.0 Å². The Balaban J connectivity index is 2.08. The topological polar surface area (TPSA) is 24.5 Å². The van der Waals surface area contributed by atoms with Crippen LogP contribution in [0.1, 0.15) is 25.3 Å². The molecule has 1 fully saturated rings. The minimum atomic E-state index is -0.126. The lowest BCUT2D eigenvalue weighted by Gasteiger charge is -2.34. The van der Waals surface area contributed by atoms with E-state index in [4.69, 9.17) is 4.74 Å². The van der Waals surface area contributed by atoms with Crippen molar-refractivity contribution in [1.29, 1.82) is 0 Å². The second-order valence-corrected chi connectivity index (χ2v) is 4.91. The Hall–Kier alpha value is -1.13. The number of hydrogen-bond acceptors (Lipinski definition) is 3. The van der Waals surface area contributed by atoms with Gasteiger partial charge in [0.1, 0.15) is 5.82 Å². The summed E-state index contributed by atoms with van der Waals surface area (Å²) < 4.78 is 19.6. The van der Waals surface area contributed by atoms with Gasteiger partial charge in [0.15, 0.2) is 0 Å². The maximum atomic E-state index is 13.9. The summed E-state index contributed by atoms with van der Waals surface area (Å²) in [6, 6.07) is 5.33. The first-order valence-corrected chi connectivity index (χ1v) is 7.04. The zero-order chi connectivity index (χ0) is 13.7. The second kappa shape index (κ2) is 6.87. The van der Waals surface area contributed by atoms with Gasteiger partial charge in [-0.1, -0.05) is 6.07 Å². The molecule has 0 atom stereocenters. The van der Waals surface area contributed by atoms with E-state index < -0.39 is 0 Å². The van der Waals surface area contributed by atoms with Gasteiger partial charge >= 0.3 is 0 Å². The third kappa shape index (κ3) is 3.45. The number of hydrogen-bond donors (Lipinski definition) is 1. The first-order valence-electron chi connectivity index (χ1n) is 7.04. The van der Waals surface area contributed by atoms with E-state index in [-0.39, 0.29) is 5.82 Å². The minimum Gasteiger partial charge on any atom is -0.378 e. The van der Waals surface area contributed by atoms with Crippen LogP contribution in [0.5, 0.6) is 0 Å². The van der Waals surface area contributed by atoms with Crippen molar-refractivity contribution in [1.82, 2.24) is 5.32 Å². The summed E-state index contributed by atoms with van der Waals surface area (Å²) in [7, 11) is 1.84. The zero-order valence-electron chi connectivity index (χ0n) is 11.8. The van der Waals surface area contributed by atoms with Crippen LogP contribution in [0.4, 0.5) is 10.1 Å². The summed E-state index contributed by atoms with van der Waals surface area (Å²) in [6.07, 6.45) is 2.40. The standard InChI is InChI=1S/C15H23FN2O/c1-3-19-12-7-9-18(10-8-12)15-6-4-5-14(16)13(15)11-17-2/h4-6,12,17H,3,7-11H2,1-2H3. The SMILES string of the molecule is CCOC1CCN(c2cccc(F)c2CNC)CC1. The van der Waals surface area contributed by atoms with Gasteiger partial charge in [-0.2, -0.15) is 0 Å². The van der Waals surface area contributed by atoms with Gasteiger partial charge in [-0.15, -0.1) is 0 Å². The molecule has 3 nitrogen and oxygen atoms in total. The van der Waals surface area contributed by atoms with Crippen molar-refractivity contribution in [3.8, 4) is 0 Å². The Morgan fingerprint density at radius 1 is 1.37 bits per heavy atom. The molecule has 0 amide bonds. The molecule has 0 radical (unpaired) electrons. The first-order chi connectivity index (χ1) is 9.26. The summed E-state index contributed by atoms with van der Waals surface area (Å²) >= 11 is 0. The van der Waals surface area contributed by atoms with Crippen LogP contribution in [-0.4, -0.2) is 32.8 Å². The van der Waals surface area contributed by atoms with Gasteiger partial charge in [0.2, 0.25) is 0 Å². The third-order valence-electron chi connectivity index (χ3n) is 3.63. The minimum absolute atomic E-state index is 0.126. The van der Waals surface area contributed by atoms with Crippen molar-refractivity contribution in [2.24, 2.45) is 0 Å². The molecule has 0 aromatic heterocycles. The molecule has 0 bridgehead atoms. The van der Waals surface area contributed by atoms with E-state index in [9.17, 15) is 4.39 Å². The van der Waals surface area contributed by atoms with E-state index in [2.05, 4.69) is 10.2 Å². The van der Waals surface area contributed by atoms with Crippen LogP contribution in [0, 0.1) is 5.82 Å². The Morgan fingerprint density at radius 3 is 2.74 bits per heavy atom. The summed E-state index contributed by atoms with van der Waals surface area (Å²) in [5.41, 5.74) is 1.78. The van der Waals surface area contributed by atoms with Gasteiger partial charge in [0.05, 0.1) is 6.10 Å². The van der Waals surface area contributed by atoms with Crippen molar-refractivity contribution in [2.75, 3.05) is 31.6 Å². The van der Waals surface area contributed by atoms with Crippen LogP contribution in [0.25, 0.3) is 0 Å². The predicted molar refractivity (Wildman–Crippen MR) is 76.0 cm³/mol. The van der Waals surface area contributed by atoms with E-state index >= 15 is 0 Å². The van der Waals surface area contributed by atoms with Crippen LogP contribution in [0.15, 0.2) is 18.2 Å². The molecule has 0 spiro atoms.